The first-order valence-corrected chi connectivity index (χ1v) is 9.61. The standard InChI is InChI=1S/C17H21N3O2S/c1-13-5-3-6-14(9-13)10-15-11-18-12-16(19-15)17-7-4-8-20(17)23(2,21)22/h3,5-6,9,11-12,17H,4,7-8,10H2,1-2H3. The van der Waals surface area contributed by atoms with Crippen molar-refractivity contribution in [3.63, 3.8) is 0 Å². The Morgan fingerprint density at radius 3 is 2.87 bits per heavy atom. The fourth-order valence-corrected chi connectivity index (χ4v) is 4.27. The molecule has 2 aromatic rings. The van der Waals surface area contributed by atoms with Gasteiger partial charge in [0.2, 0.25) is 10.0 Å². The largest absolute Gasteiger partial charge is 0.261 e. The van der Waals surface area contributed by atoms with Crippen molar-refractivity contribution in [2.45, 2.75) is 32.2 Å². The molecule has 0 aliphatic carbocycles. The number of hydrogen-bond donors (Lipinski definition) is 0. The Morgan fingerprint density at radius 2 is 2.13 bits per heavy atom. The maximum atomic E-state index is 11.9. The van der Waals surface area contributed by atoms with Crippen LogP contribution in [0.2, 0.25) is 0 Å². The van der Waals surface area contributed by atoms with Crippen LogP contribution in [0.5, 0.6) is 0 Å². The summed E-state index contributed by atoms with van der Waals surface area (Å²) in [5.41, 5.74) is 4.01. The molecule has 1 aromatic carbocycles. The van der Waals surface area contributed by atoms with Gasteiger partial charge in [0.1, 0.15) is 0 Å². The van der Waals surface area contributed by atoms with Gasteiger partial charge in [-0.1, -0.05) is 29.8 Å². The van der Waals surface area contributed by atoms with E-state index in [4.69, 9.17) is 0 Å². The summed E-state index contributed by atoms with van der Waals surface area (Å²) in [6, 6.07) is 8.11. The van der Waals surface area contributed by atoms with Crippen LogP contribution in [0, 0.1) is 6.92 Å². The third-order valence-corrected chi connectivity index (χ3v) is 5.43. The quantitative estimate of drug-likeness (QED) is 0.863. The Balaban J connectivity index is 1.85. The normalized spacial score (nSPS) is 19.1. The minimum absolute atomic E-state index is 0.185. The number of hydrogen-bond acceptors (Lipinski definition) is 4. The highest BCUT2D eigenvalue weighted by atomic mass is 32.2. The molecule has 0 amide bonds. The topological polar surface area (TPSA) is 63.2 Å². The first-order chi connectivity index (χ1) is 10.9. The van der Waals surface area contributed by atoms with Crippen molar-refractivity contribution < 1.29 is 8.42 Å². The van der Waals surface area contributed by atoms with Gasteiger partial charge >= 0.3 is 0 Å². The van der Waals surface area contributed by atoms with E-state index in [2.05, 4.69) is 35.1 Å². The Labute approximate surface area is 137 Å². The van der Waals surface area contributed by atoms with Gasteiger partial charge in [0.15, 0.2) is 0 Å². The van der Waals surface area contributed by atoms with Gasteiger partial charge in [-0.2, -0.15) is 4.31 Å². The second-order valence-corrected chi connectivity index (χ2v) is 8.07. The lowest BCUT2D eigenvalue weighted by Gasteiger charge is -2.21. The van der Waals surface area contributed by atoms with Crippen LogP contribution in [0.3, 0.4) is 0 Å². The van der Waals surface area contributed by atoms with E-state index in [0.29, 0.717) is 13.0 Å². The lowest BCUT2D eigenvalue weighted by molar-refractivity contribution is 0.392. The molecule has 23 heavy (non-hydrogen) atoms. The molecule has 6 heteroatoms. The smallest absolute Gasteiger partial charge is 0.211 e. The molecule has 1 fully saturated rings. The van der Waals surface area contributed by atoms with Gasteiger partial charge in [-0.05, 0) is 25.3 Å². The minimum atomic E-state index is -3.21. The average molecular weight is 331 g/mol. The van der Waals surface area contributed by atoms with E-state index in [9.17, 15) is 8.42 Å². The first kappa shape index (κ1) is 16.1. The van der Waals surface area contributed by atoms with Crippen molar-refractivity contribution in [2.75, 3.05) is 12.8 Å². The Kier molecular flexibility index (Phi) is 4.46. The zero-order valence-corrected chi connectivity index (χ0v) is 14.3. The molecule has 1 atom stereocenters. The second kappa shape index (κ2) is 6.37. The van der Waals surface area contributed by atoms with Gasteiger partial charge in [-0.3, -0.25) is 9.97 Å². The Morgan fingerprint density at radius 1 is 1.30 bits per heavy atom. The predicted octanol–water partition coefficient (Wildman–Crippen LogP) is 2.47. The van der Waals surface area contributed by atoms with Crippen molar-refractivity contribution in [1.29, 1.82) is 0 Å². The third kappa shape index (κ3) is 3.76. The summed E-state index contributed by atoms with van der Waals surface area (Å²) in [6.45, 7) is 2.63. The molecule has 1 saturated heterocycles. The van der Waals surface area contributed by atoms with Crippen molar-refractivity contribution in [1.82, 2.24) is 14.3 Å². The van der Waals surface area contributed by atoms with E-state index in [1.807, 2.05) is 6.07 Å². The molecule has 1 aliphatic heterocycles. The van der Waals surface area contributed by atoms with Crippen molar-refractivity contribution in [2.24, 2.45) is 0 Å². The molecule has 0 saturated carbocycles. The van der Waals surface area contributed by atoms with Gasteiger partial charge in [0, 0.05) is 19.2 Å². The van der Waals surface area contributed by atoms with E-state index in [-0.39, 0.29) is 6.04 Å². The van der Waals surface area contributed by atoms with Gasteiger partial charge in [-0.15, -0.1) is 0 Å². The zero-order chi connectivity index (χ0) is 16.4. The Bertz CT molecular complexity index is 805. The van der Waals surface area contributed by atoms with Crippen molar-refractivity contribution >= 4 is 10.0 Å². The summed E-state index contributed by atoms with van der Waals surface area (Å²) in [4.78, 5) is 8.96. The highest BCUT2D eigenvalue weighted by Crippen LogP contribution is 2.32. The molecule has 0 N–H and O–H groups in total. The van der Waals surface area contributed by atoms with Crippen LogP contribution in [0.25, 0.3) is 0 Å². The average Bonchev–Trinajstić information content (AvgIpc) is 2.97. The SMILES string of the molecule is Cc1cccc(Cc2cncc(C3CCCN3S(C)(=O)=O)n2)c1. The minimum Gasteiger partial charge on any atom is -0.261 e. The van der Waals surface area contributed by atoms with Crippen LogP contribution < -0.4 is 0 Å². The van der Waals surface area contributed by atoms with E-state index in [0.717, 1.165) is 24.2 Å². The van der Waals surface area contributed by atoms with E-state index >= 15 is 0 Å². The third-order valence-electron chi connectivity index (χ3n) is 4.14. The number of nitrogens with zero attached hydrogens (tertiary/aromatic N) is 3. The lowest BCUT2D eigenvalue weighted by atomic mass is 10.1. The number of sulfonamides is 1. The molecule has 122 valence electrons. The molecule has 5 nitrogen and oxygen atoms in total. The summed E-state index contributed by atoms with van der Waals surface area (Å²) in [7, 11) is -3.21. The summed E-state index contributed by atoms with van der Waals surface area (Å²) >= 11 is 0. The summed E-state index contributed by atoms with van der Waals surface area (Å²) in [5.74, 6) is 0. The monoisotopic (exact) mass is 331 g/mol. The molecule has 0 spiro atoms. The molecule has 1 unspecified atom stereocenters. The molecule has 0 bridgehead atoms. The van der Waals surface area contributed by atoms with Crippen LogP contribution in [0.15, 0.2) is 36.7 Å². The number of benzene rings is 1. The van der Waals surface area contributed by atoms with E-state index in [1.165, 1.54) is 21.7 Å². The second-order valence-electron chi connectivity index (χ2n) is 6.13. The zero-order valence-electron chi connectivity index (χ0n) is 13.4. The van der Waals surface area contributed by atoms with Crippen molar-refractivity contribution in [3.8, 4) is 0 Å². The molecular weight excluding hydrogens is 310 g/mol. The molecular formula is C17H21N3O2S. The highest BCUT2D eigenvalue weighted by Gasteiger charge is 2.33. The van der Waals surface area contributed by atoms with Crippen LogP contribution in [0.1, 0.15) is 41.4 Å². The maximum Gasteiger partial charge on any atom is 0.211 e. The summed E-state index contributed by atoms with van der Waals surface area (Å²) in [6.07, 6.45) is 7.07. The van der Waals surface area contributed by atoms with Gasteiger partial charge in [-0.25, -0.2) is 8.42 Å². The number of rotatable bonds is 4. The van der Waals surface area contributed by atoms with Crippen LogP contribution in [-0.2, 0) is 16.4 Å². The molecule has 0 radical (unpaired) electrons. The van der Waals surface area contributed by atoms with Crippen LogP contribution in [0.4, 0.5) is 0 Å². The lowest BCUT2D eigenvalue weighted by Crippen LogP contribution is -2.30. The number of aromatic nitrogens is 2. The first-order valence-electron chi connectivity index (χ1n) is 7.76. The fraction of sp³-hybridized carbons (Fsp3) is 0.412. The van der Waals surface area contributed by atoms with Crippen LogP contribution in [-0.4, -0.2) is 35.5 Å². The summed E-state index contributed by atoms with van der Waals surface area (Å²) in [5, 5.41) is 0. The fourth-order valence-electron chi connectivity index (χ4n) is 3.13. The molecule has 2 heterocycles. The predicted molar refractivity (Wildman–Crippen MR) is 89.5 cm³/mol. The highest BCUT2D eigenvalue weighted by molar-refractivity contribution is 7.88. The van der Waals surface area contributed by atoms with Gasteiger partial charge in [0.05, 0.1) is 29.9 Å². The van der Waals surface area contributed by atoms with E-state index in [1.54, 1.807) is 12.4 Å². The molecule has 1 aliphatic rings. The van der Waals surface area contributed by atoms with Gasteiger partial charge in [0.25, 0.3) is 0 Å². The molecule has 1 aromatic heterocycles. The van der Waals surface area contributed by atoms with E-state index < -0.39 is 10.0 Å². The van der Waals surface area contributed by atoms with Crippen molar-refractivity contribution in [3.05, 3.63) is 59.2 Å². The number of aryl methyl sites for hydroxylation is 1. The van der Waals surface area contributed by atoms with Crippen LogP contribution >= 0.6 is 0 Å². The molecule has 3 rings (SSSR count). The Hall–Kier alpha value is -1.79. The maximum absolute atomic E-state index is 11.9. The van der Waals surface area contributed by atoms with Gasteiger partial charge < -0.3 is 0 Å². The summed E-state index contributed by atoms with van der Waals surface area (Å²) < 4.78 is 25.4.